The van der Waals surface area contributed by atoms with Crippen molar-refractivity contribution in [1.82, 2.24) is 0 Å². The van der Waals surface area contributed by atoms with E-state index in [0.717, 1.165) is 5.56 Å². The number of carboxylic acid groups (broad SMARTS) is 1. The molecule has 1 N–H and O–H groups in total. The first-order valence-electron chi connectivity index (χ1n) is 6.74. The Balaban J connectivity index is 1.94. The number of methoxy groups -OCH3 is 1. The normalized spacial score (nSPS) is 10.0. The van der Waals surface area contributed by atoms with Crippen LogP contribution in [0.5, 0.6) is 5.75 Å². The molecule has 0 aromatic heterocycles. The van der Waals surface area contributed by atoms with Crippen molar-refractivity contribution >= 4 is 11.9 Å². The Morgan fingerprint density at radius 1 is 1.05 bits per heavy atom. The van der Waals surface area contributed by atoms with Crippen LogP contribution in [0.1, 0.15) is 26.3 Å². The third kappa shape index (κ3) is 3.85. The van der Waals surface area contributed by atoms with Gasteiger partial charge in [0.15, 0.2) is 0 Å². The predicted molar refractivity (Wildman–Crippen MR) is 80.4 cm³/mol. The van der Waals surface area contributed by atoms with E-state index in [9.17, 15) is 9.59 Å². The lowest BCUT2D eigenvalue weighted by Crippen LogP contribution is -2.07. The first-order valence-corrected chi connectivity index (χ1v) is 6.74. The van der Waals surface area contributed by atoms with Crippen LogP contribution in [0.25, 0.3) is 0 Å². The Morgan fingerprint density at radius 3 is 2.36 bits per heavy atom. The van der Waals surface area contributed by atoms with Crippen LogP contribution in [-0.4, -0.2) is 30.8 Å². The van der Waals surface area contributed by atoms with Crippen molar-refractivity contribution in [3.63, 3.8) is 0 Å². The zero-order valence-electron chi connectivity index (χ0n) is 12.1. The molecule has 2 aromatic rings. The molecule has 114 valence electrons. The summed E-state index contributed by atoms with van der Waals surface area (Å²) in [5, 5.41) is 9.10. The predicted octanol–water partition coefficient (Wildman–Crippen LogP) is 2.79. The summed E-state index contributed by atoms with van der Waals surface area (Å²) in [6.45, 7) is 0.349. The maximum absolute atomic E-state index is 11.3. The molecular formula is C17H16O5. The minimum atomic E-state index is -0.946. The van der Waals surface area contributed by atoms with E-state index in [1.807, 2.05) is 0 Å². The summed E-state index contributed by atoms with van der Waals surface area (Å²) < 4.78 is 10.2. The van der Waals surface area contributed by atoms with Crippen molar-refractivity contribution in [2.75, 3.05) is 13.7 Å². The third-order valence-corrected chi connectivity index (χ3v) is 3.16. The van der Waals surface area contributed by atoms with Gasteiger partial charge in [0, 0.05) is 6.42 Å². The van der Waals surface area contributed by atoms with Crippen molar-refractivity contribution in [3.05, 3.63) is 65.2 Å². The number of rotatable bonds is 6. The van der Waals surface area contributed by atoms with Gasteiger partial charge in [0.1, 0.15) is 5.75 Å². The number of hydrogen-bond donors (Lipinski definition) is 1. The molecule has 0 radical (unpaired) electrons. The van der Waals surface area contributed by atoms with E-state index in [4.69, 9.17) is 9.84 Å². The number of carboxylic acids is 1. The van der Waals surface area contributed by atoms with E-state index in [-0.39, 0.29) is 5.56 Å². The second-order valence-corrected chi connectivity index (χ2v) is 4.58. The number of hydrogen-bond acceptors (Lipinski definition) is 4. The molecule has 0 heterocycles. The summed E-state index contributed by atoms with van der Waals surface area (Å²) in [7, 11) is 1.33. The van der Waals surface area contributed by atoms with E-state index in [2.05, 4.69) is 4.74 Å². The molecule has 0 amide bonds. The van der Waals surface area contributed by atoms with Crippen LogP contribution >= 0.6 is 0 Å². The zero-order valence-corrected chi connectivity index (χ0v) is 12.1. The maximum atomic E-state index is 11.3. The van der Waals surface area contributed by atoms with Gasteiger partial charge in [-0.1, -0.05) is 18.2 Å². The maximum Gasteiger partial charge on any atom is 0.337 e. The van der Waals surface area contributed by atoms with Gasteiger partial charge in [0.2, 0.25) is 0 Å². The molecule has 2 aromatic carbocycles. The van der Waals surface area contributed by atoms with Crippen LogP contribution in [0.3, 0.4) is 0 Å². The fourth-order valence-electron chi connectivity index (χ4n) is 2.03. The highest BCUT2D eigenvalue weighted by Gasteiger charge is 2.09. The second kappa shape index (κ2) is 7.26. The third-order valence-electron chi connectivity index (χ3n) is 3.16. The summed E-state index contributed by atoms with van der Waals surface area (Å²) in [5.74, 6) is -0.736. The van der Waals surface area contributed by atoms with Crippen LogP contribution in [-0.2, 0) is 11.2 Å². The minimum absolute atomic E-state index is 0.284. The van der Waals surface area contributed by atoms with Crippen molar-refractivity contribution in [1.29, 1.82) is 0 Å². The second-order valence-electron chi connectivity index (χ2n) is 4.58. The lowest BCUT2D eigenvalue weighted by molar-refractivity contribution is 0.0599. The molecule has 22 heavy (non-hydrogen) atoms. The number of esters is 1. The highest BCUT2D eigenvalue weighted by atomic mass is 16.5. The van der Waals surface area contributed by atoms with Crippen molar-refractivity contribution < 1.29 is 24.2 Å². The first-order chi connectivity index (χ1) is 10.6. The van der Waals surface area contributed by atoms with Gasteiger partial charge in [-0.3, -0.25) is 0 Å². The Kier molecular flexibility index (Phi) is 5.14. The molecule has 0 saturated heterocycles. The fraction of sp³-hybridized carbons (Fsp3) is 0.176. The number of aromatic carboxylic acids is 1. The minimum Gasteiger partial charge on any atom is -0.493 e. The molecule has 0 aliphatic rings. The van der Waals surface area contributed by atoms with Gasteiger partial charge in [-0.25, -0.2) is 9.59 Å². The summed E-state index contributed by atoms with van der Waals surface area (Å²) >= 11 is 0. The highest BCUT2D eigenvalue weighted by Crippen LogP contribution is 2.14. The van der Waals surface area contributed by atoms with Crippen LogP contribution in [0.2, 0.25) is 0 Å². The molecule has 0 spiro atoms. The number of ether oxygens (including phenoxy) is 2. The van der Waals surface area contributed by atoms with Gasteiger partial charge in [-0.2, -0.15) is 0 Å². The number of carbonyl (C=O) groups is 2. The van der Waals surface area contributed by atoms with Crippen LogP contribution in [0.15, 0.2) is 48.5 Å². The highest BCUT2D eigenvalue weighted by molar-refractivity contribution is 5.89. The van der Waals surface area contributed by atoms with E-state index >= 15 is 0 Å². The van der Waals surface area contributed by atoms with Gasteiger partial charge in [0.05, 0.1) is 24.8 Å². The number of carbonyl (C=O) groups excluding carboxylic acids is 1. The quantitative estimate of drug-likeness (QED) is 0.830. The Labute approximate surface area is 128 Å². The lowest BCUT2D eigenvalue weighted by Gasteiger charge is -2.08. The molecular weight excluding hydrogens is 284 g/mol. The molecule has 5 nitrogen and oxygen atoms in total. The molecule has 0 fully saturated rings. The molecule has 0 saturated carbocycles. The molecule has 0 atom stereocenters. The molecule has 0 aliphatic carbocycles. The van der Waals surface area contributed by atoms with Gasteiger partial charge in [-0.05, 0) is 35.9 Å². The van der Waals surface area contributed by atoms with E-state index in [1.54, 1.807) is 48.5 Å². The van der Waals surface area contributed by atoms with Crippen LogP contribution in [0.4, 0.5) is 0 Å². The van der Waals surface area contributed by atoms with Gasteiger partial charge in [0.25, 0.3) is 0 Å². The van der Waals surface area contributed by atoms with Crippen molar-refractivity contribution in [3.8, 4) is 5.75 Å². The summed E-state index contributed by atoms with van der Waals surface area (Å²) in [6.07, 6.45) is 0.487. The summed E-state index contributed by atoms with van der Waals surface area (Å²) in [6, 6.07) is 13.4. The Bertz CT molecular complexity index is 661. The van der Waals surface area contributed by atoms with Gasteiger partial charge >= 0.3 is 11.9 Å². The number of benzene rings is 2. The average molecular weight is 300 g/mol. The van der Waals surface area contributed by atoms with E-state index in [0.29, 0.717) is 24.3 Å². The standard InChI is InChI=1S/C17H16O5/c1-21-17(20)13-6-8-14(9-7-13)22-11-10-12-4-2-3-5-15(12)16(18)19/h2-9H,10-11H2,1H3,(H,18,19). The first kappa shape index (κ1) is 15.6. The van der Waals surface area contributed by atoms with Crippen LogP contribution < -0.4 is 4.74 Å². The fourth-order valence-corrected chi connectivity index (χ4v) is 2.03. The average Bonchev–Trinajstić information content (AvgIpc) is 2.55. The summed E-state index contributed by atoms with van der Waals surface area (Å²) in [5.41, 5.74) is 1.46. The van der Waals surface area contributed by atoms with Crippen molar-refractivity contribution in [2.45, 2.75) is 6.42 Å². The Hall–Kier alpha value is -2.82. The monoisotopic (exact) mass is 300 g/mol. The van der Waals surface area contributed by atoms with E-state index < -0.39 is 11.9 Å². The molecule has 0 aliphatic heterocycles. The Morgan fingerprint density at radius 2 is 1.73 bits per heavy atom. The SMILES string of the molecule is COC(=O)c1ccc(OCCc2ccccc2C(=O)O)cc1. The smallest absolute Gasteiger partial charge is 0.337 e. The molecule has 2 rings (SSSR count). The molecule has 0 unspecified atom stereocenters. The largest absolute Gasteiger partial charge is 0.493 e. The van der Waals surface area contributed by atoms with Crippen LogP contribution in [0, 0.1) is 0 Å². The lowest BCUT2D eigenvalue weighted by atomic mass is 10.1. The van der Waals surface area contributed by atoms with Crippen molar-refractivity contribution in [2.24, 2.45) is 0 Å². The molecule has 5 heteroatoms. The van der Waals surface area contributed by atoms with E-state index in [1.165, 1.54) is 7.11 Å². The summed E-state index contributed by atoms with van der Waals surface area (Å²) in [4.78, 5) is 22.4. The van der Waals surface area contributed by atoms with Gasteiger partial charge in [-0.15, -0.1) is 0 Å². The molecule has 0 bridgehead atoms. The zero-order chi connectivity index (χ0) is 15.9. The van der Waals surface area contributed by atoms with Gasteiger partial charge < -0.3 is 14.6 Å². The topological polar surface area (TPSA) is 72.8 Å².